The highest BCUT2D eigenvalue weighted by Gasteiger charge is 2.18. The lowest BCUT2D eigenvalue weighted by Gasteiger charge is -2.20. The first kappa shape index (κ1) is 14.2. The molecule has 2 N–H and O–H groups in total. The summed E-state index contributed by atoms with van der Waals surface area (Å²) in [5.74, 6) is -0.273. The van der Waals surface area contributed by atoms with Gasteiger partial charge >= 0.3 is 0 Å². The molecule has 0 fully saturated rings. The predicted octanol–water partition coefficient (Wildman–Crippen LogP) is 1.80. The van der Waals surface area contributed by atoms with E-state index in [2.05, 4.69) is 10.3 Å². The molecule has 2 aromatic rings. The maximum absolute atomic E-state index is 11.9. The Balaban J connectivity index is 1.91. The molecule has 0 aliphatic heterocycles. The van der Waals surface area contributed by atoms with Crippen molar-refractivity contribution in [1.29, 1.82) is 0 Å². The maximum atomic E-state index is 11.9. The number of carbonyl (C=O) groups excluding carboxylic acids is 1. The third kappa shape index (κ3) is 3.90. The van der Waals surface area contributed by atoms with Crippen molar-refractivity contribution in [2.75, 3.05) is 0 Å². The van der Waals surface area contributed by atoms with Gasteiger partial charge in [0.25, 0.3) is 5.91 Å². The van der Waals surface area contributed by atoms with E-state index in [9.17, 15) is 9.90 Å². The van der Waals surface area contributed by atoms with Crippen molar-refractivity contribution in [3.8, 4) is 0 Å². The fourth-order valence-electron chi connectivity index (χ4n) is 1.91. The highest BCUT2D eigenvalue weighted by Crippen LogP contribution is 2.06. The lowest BCUT2D eigenvalue weighted by Crippen LogP contribution is -2.42. The van der Waals surface area contributed by atoms with Crippen molar-refractivity contribution >= 4 is 5.91 Å². The van der Waals surface area contributed by atoms with Crippen LogP contribution in [-0.2, 0) is 6.42 Å². The normalized spacial score (nSPS) is 13.5. The van der Waals surface area contributed by atoms with E-state index in [1.165, 1.54) is 0 Å². The number of amides is 1. The molecule has 0 aliphatic rings. The topological polar surface area (TPSA) is 62.2 Å². The lowest BCUT2D eigenvalue weighted by molar-refractivity contribution is 0.0847. The molecule has 4 heteroatoms. The van der Waals surface area contributed by atoms with Gasteiger partial charge in [0.2, 0.25) is 0 Å². The summed E-state index contributed by atoms with van der Waals surface area (Å²) in [5, 5.41) is 12.9. The Morgan fingerprint density at radius 1 is 1.20 bits per heavy atom. The molecular weight excluding hydrogens is 252 g/mol. The predicted molar refractivity (Wildman–Crippen MR) is 77.3 cm³/mol. The van der Waals surface area contributed by atoms with Gasteiger partial charge in [-0.3, -0.25) is 9.78 Å². The van der Waals surface area contributed by atoms with E-state index in [0.717, 1.165) is 5.56 Å². The number of nitrogens with one attached hydrogen (secondary N) is 1. The highest BCUT2D eigenvalue weighted by molar-refractivity contribution is 5.92. The molecule has 2 rings (SSSR count). The fourth-order valence-corrected chi connectivity index (χ4v) is 1.91. The van der Waals surface area contributed by atoms with Crippen LogP contribution in [0.2, 0.25) is 0 Å². The SMILES string of the molecule is CC(NC(=O)c1ccccn1)C(O)Cc1ccccc1. The second kappa shape index (κ2) is 6.82. The quantitative estimate of drug-likeness (QED) is 0.871. The maximum Gasteiger partial charge on any atom is 0.270 e. The van der Waals surface area contributed by atoms with Crippen LogP contribution in [0, 0.1) is 0 Å². The number of pyridine rings is 1. The third-order valence-electron chi connectivity index (χ3n) is 3.12. The largest absolute Gasteiger partial charge is 0.391 e. The van der Waals surface area contributed by atoms with Gasteiger partial charge in [0.1, 0.15) is 5.69 Å². The van der Waals surface area contributed by atoms with Crippen LogP contribution in [-0.4, -0.2) is 28.1 Å². The van der Waals surface area contributed by atoms with Gasteiger partial charge in [-0.05, 0) is 24.6 Å². The van der Waals surface area contributed by atoms with Gasteiger partial charge in [-0.25, -0.2) is 0 Å². The van der Waals surface area contributed by atoms with Gasteiger partial charge in [-0.2, -0.15) is 0 Å². The van der Waals surface area contributed by atoms with Crippen molar-refractivity contribution in [2.45, 2.75) is 25.5 Å². The van der Waals surface area contributed by atoms with Crippen LogP contribution in [0.25, 0.3) is 0 Å². The van der Waals surface area contributed by atoms with Gasteiger partial charge in [-0.15, -0.1) is 0 Å². The minimum atomic E-state index is -0.634. The first-order chi connectivity index (χ1) is 9.66. The molecule has 2 atom stereocenters. The molecule has 0 saturated carbocycles. The van der Waals surface area contributed by atoms with Crippen LogP contribution < -0.4 is 5.32 Å². The summed E-state index contributed by atoms with van der Waals surface area (Å²) in [6.07, 6.45) is 1.44. The van der Waals surface area contributed by atoms with E-state index in [-0.39, 0.29) is 11.9 Å². The third-order valence-corrected chi connectivity index (χ3v) is 3.12. The second-order valence-electron chi connectivity index (χ2n) is 4.73. The molecule has 1 heterocycles. The summed E-state index contributed by atoms with van der Waals surface area (Å²) in [6.45, 7) is 1.79. The molecule has 1 aromatic carbocycles. The number of aliphatic hydroxyl groups is 1. The fraction of sp³-hybridized carbons (Fsp3) is 0.250. The average molecular weight is 270 g/mol. The Kier molecular flexibility index (Phi) is 4.85. The molecule has 0 radical (unpaired) electrons. The minimum Gasteiger partial charge on any atom is -0.391 e. The summed E-state index contributed by atoms with van der Waals surface area (Å²) >= 11 is 0. The van der Waals surface area contributed by atoms with Crippen LogP contribution >= 0.6 is 0 Å². The van der Waals surface area contributed by atoms with Crippen LogP contribution in [0.1, 0.15) is 23.0 Å². The van der Waals surface area contributed by atoms with E-state index in [0.29, 0.717) is 12.1 Å². The first-order valence-electron chi connectivity index (χ1n) is 6.60. The van der Waals surface area contributed by atoms with E-state index in [1.807, 2.05) is 30.3 Å². The molecule has 0 aliphatic carbocycles. The van der Waals surface area contributed by atoms with Gasteiger partial charge in [0, 0.05) is 12.6 Å². The molecule has 1 aromatic heterocycles. The second-order valence-corrected chi connectivity index (χ2v) is 4.73. The van der Waals surface area contributed by atoms with Gasteiger partial charge < -0.3 is 10.4 Å². The standard InChI is InChI=1S/C16H18N2O2/c1-12(15(19)11-13-7-3-2-4-8-13)18-16(20)14-9-5-6-10-17-14/h2-10,12,15,19H,11H2,1H3,(H,18,20). The smallest absolute Gasteiger partial charge is 0.270 e. The van der Waals surface area contributed by atoms with E-state index in [4.69, 9.17) is 0 Å². The monoisotopic (exact) mass is 270 g/mol. The Morgan fingerprint density at radius 3 is 2.55 bits per heavy atom. The molecule has 104 valence electrons. The van der Waals surface area contributed by atoms with Crippen molar-refractivity contribution in [3.05, 3.63) is 66.0 Å². The van der Waals surface area contributed by atoms with Crippen LogP contribution in [0.5, 0.6) is 0 Å². The Bertz CT molecular complexity index is 543. The van der Waals surface area contributed by atoms with Crippen LogP contribution in [0.15, 0.2) is 54.7 Å². The number of carbonyl (C=O) groups is 1. The van der Waals surface area contributed by atoms with E-state index >= 15 is 0 Å². The number of nitrogens with zero attached hydrogens (tertiary/aromatic N) is 1. The number of aliphatic hydroxyl groups excluding tert-OH is 1. The molecule has 0 spiro atoms. The summed E-state index contributed by atoms with van der Waals surface area (Å²) in [7, 11) is 0. The van der Waals surface area contributed by atoms with Crippen molar-refractivity contribution in [3.63, 3.8) is 0 Å². The van der Waals surface area contributed by atoms with Gasteiger partial charge in [0.15, 0.2) is 0 Å². The molecular formula is C16H18N2O2. The Labute approximate surface area is 118 Å². The van der Waals surface area contributed by atoms with Gasteiger partial charge in [0.05, 0.1) is 12.1 Å². The lowest BCUT2D eigenvalue weighted by atomic mass is 10.0. The number of rotatable bonds is 5. The molecule has 0 bridgehead atoms. The van der Waals surface area contributed by atoms with Crippen LogP contribution in [0.3, 0.4) is 0 Å². The number of benzene rings is 1. The number of aromatic nitrogens is 1. The Morgan fingerprint density at radius 2 is 1.90 bits per heavy atom. The first-order valence-corrected chi connectivity index (χ1v) is 6.60. The molecule has 20 heavy (non-hydrogen) atoms. The zero-order valence-corrected chi connectivity index (χ0v) is 11.4. The highest BCUT2D eigenvalue weighted by atomic mass is 16.3. The summed E-state index contributed by atoms with van der Waals surface area (Å²) in [5.41, 5.74) is 1.39. The summed E-state index contributed by atoms with van der Waals surface area (Å²) in [4.78, 5) is 15.9. The van der Waals surface area contributed by atoms with Gasteiger partial charge in [-0.1, -0.05) is 36.4 Å². The van der Waals surface area contributed by atoms with Crippen molar-refractivity contribution < 1.29 is 9.90 Å². The molecule has 2 unspecified atom stereocenters. The van der Waals surface area contributed by atoms with Crippen LogP contribution in [0.4, 0.5) is 0 Å². The molecule has 1 amide bonds. The van der Waals surface area contributed by atoms with E-state index < -0.39 is 6.10 Å². The summed E-state index contributed by atoms with van der Waals surface area (Å²) in [6, 6.07) is 14.5. The molecule has 0 saturated heterocycles. The zero-order chi connectivity index (χ0) is 14.4. The van der Waals surface area contributed by atoms with E-state index in [1.54, 1.807) is 31.3 Å². The average Bonchev–Trinajstić information content (AvgIpc) is 2.49. The Hall–Kier alpha value is -2.20. The van der Waals surface area contributed by atoms with Crippen molar-refractivity contribution in [1.82, 2.24) is 10.3 Å². The summed E-state index contributed by atoms with van der Waals surface area (Å²) < 4.78 is 0. The van der Waals surface area contributed by atoms with Crippen molar-refractivity contribution in [2.24, 2.45) is 0 Å². The number of hydrogen-bond donors (Lipinski definition) is 2. The molecule has 4 nitrogen and oxygen atoms in total. The minimum absolute atomic E-state index is 0.273. The number of hydrogen-bond acceptors (Lipinski definition) is 3. The zero-order valence-electron chi connectivity index (χ0n) is 11.4.